The van der Waals surface area contributed by atoms with Crippen molar-refractivity contribution in [3.63, 3.8) is 0 Å². The Morgan fingerprint density at radius 1 is 1.14 bits per heavy atom. The summed E-state index contributed by atoms with van der Waals surface area (Å²) >= 11 is 0. The molecule has 2 N–H and O–H groups in total. The summed E-state index contributed by atoms with van der Waals surface area (Å²) in [5.41, 5.74) is 4.50. The molecule has 2 aromatic rings. The molecular weight excluding hydrogens is 352 g/mol. The number of rotatable bonds is 8. The predicted molar refractivity (Wildman–Crippen MR) is 111 cm³/mol. The first-order chi connectivity index (χ1) is 13.5. The minimum Gasteiger partial charge on any atom is -0.484 e. The Morgan fingerprint density at radius 2 is 1.93 bits per heavy atom. The van der Waals surface area contributed by atoms with Crippen molar-refractivity contribution in [1.29, 1.82) is 0 Å². The van der Waals surface area contributed by atoms with Crippen LogP contribution in [0, 0.1) is 0 Å². The van der Waals surface area contributed by atoms with Gasteiger partial charge < -0.3 is 15.4 Å². The zero-order valence-corrected chi connectivity index (χ0v) is 16.6. The van der Waals surface area contributed by atoms with Gasteiger partial charge in [-0.05, 0) is 60.1 Å². The quantitative estimate of drug-likeness (QED) is 0.684. The van der Waals surface area contributed by atoms with Gasteiger partial charge in [0.15, 0.2) is 6.61 Å². The maximum atomic E-state index is 12.0. The maximum Gasteiger partial charge on any atom is 0.257 e. The molecule has 0 bridgehead atoms. The second kappa shape index (κ2) is 9.40. The average molecular weight is 380 g/mol. The van der Waals surface area contributed by atoms with Gasteiger partial charge >= 0.3 is 0 Å². The summed E-state index contributed by atoms with van der Waals surface area (Å²) in [4.78, 5) is 23.4. The number of nitrogens with one attached hydrogen (secondary N) is 2. The van der Waals surface area contributed by atoms with Crippen LogP contribution in [0.1, 0.15) is 49.3 Å². The number of hydrogen-bond acceptors (Lipinski definition) is 3. The summed E-state index contributed by atoms with van der Waals surface area (Å²) < 4.78 is 5.59. The van der Waals surface area contributed by atoms with Crippen molar-refractivity contribution in [1.82, 2.24) is 5.32 Å². The van der Waals surface area contributed by atoms with Crippen LogP contribution >= 0.6 is 0 Å². The van der Waals surface area contributed by atoms with Gasteiger partial charge in [0, 0.05) is 18.7 Å². The molecule has 148 valence electrons. The van der Waals surface area contributed by atoms with Crippen molar-refractivity contribution < 1.29 is 14.3 Å². The molecule has 0 saturated carbocycles. The Morgan fingerprint density at radius 3 is 2.68 bits per heavy atom. The molecule has 3 rings (SSSR count). The Kier molecular flexibility index (Phi) is 6.69. The van der Waals surface area contributed by atoms with E-state index in [1.54, 1.807) is 6.07 Å². The third kappa shape index (κ3) is 5.59. The van der Waals surface area contributed by atoms with E-state index < -0.39 is 0 Å². The van der Waals surface area contributed by atoms with Gasteiger partial charge in [0.25, 0.3) is 5.91 Å². The predicted octanol–water partition coefficient (Wildman–Crippen LogP) is 3.82. The fourth-order valence-electron chi connectivity index (χ4n) is 3.24. The summed E-state index contributed by atoms with van der Waals surface area (Å²) in [7, 11) is 0. The molecule has 0 aliphatic carbocycles. The van der Waals surface area contributed by atoms with Crippen LogP contribution in [-0.4, -0.2) is 25.0 Å². The minimum absolute atomic E-state index is 0.00572. The van der Waals surface area contributed by atoms with E-state index in [2.05, 4.69) is 48.7 Å². The van der Waals surface area contributed by atoms with Crippen LogP contribution in [0.25, 0.3) is 0 Å². The SMILES string of the molecule is CC(C)c1ccc(CCCNC(=O)COc2ccc3c(c2)CCC(=O)N3)cc1. The molecule has 1 aliphatic rings. The third-order valence-corrected chi connectivity index (χ3v) is 4.95. The summed E-state index contributed by atoms with van der Waals surface area (Å²) in [5.74, 6) is 1.11. The van der Waals surface area contributed by atoms with E-state index in [1.165, 1.54) is 11.1 Å². The number of carbonyl (C=O) groups is 2. The van der Waals surface area contributed by atoms with Gasteiger partial charge in [0.05, 0.1) is 0 Å². The first-order valence-electron chi connectivity index (χ1n) is 9.92. The average Bonchev–Trinajstić information content (AvgIpc) is 2.70. The highest BCUT2D eigenvalue weighted by Gasteiger charge is 2.15. The molecule has 0 radical (unpaired) electrons. The molecule has 1 heterocycles. The number of anilines is 1. The molecule has 0 atom stereocenters. The lowest BCUT2D eigenvalue weighted by atomic mass is 10.0. The van der Waals surface area contributed by atoms with Crippen LogP contribution in [0.2, 0.25) is 0 Å². The van der Waals surface area contributed by atoms with Crippen molar-refractivity contribution in [2.45, 2.75) is 45.4 Å². The smallest absolute Gasteiger partial charge is 0.257 e. The Hall–Kier alpha value is -2.82. The number of aryl methyl sites for hydroxylation is 2. The van der Waals surface area contributed by atoms with E-state index in [4.69, 9.17) is 4.74 Å². The normalized spacial score (nSPS) is 13.0. The van der Waals surface area contributed by atoms with Gasteiger partial charge in [0.2, 0.25) is 5.91 Å². The molecule has 0 saturated heterocycles. The van der Waals surface area contributed by atoms with Crippen LogP contribution in [0.4, 0.5) is 5.69 Å². The molecule has 2 amide bonds. The van der Waals surface area contributed by atoms with Crippen molar-refractivity contribution in [2.75, 3.05) is 18.5 Å². The first kappa shape index (κ1) is 19.9. The fraction of sp³-hybridized carbons (Fsp3) is 0.391. The van der Waals surface area contributed by atoms with E-state index in [0.29, 0.717) is 31.1 Å². The number of benzene rings is 2. The van der Waals surface area contributed by atoms with Crippen LogP contribution < -0.4 is 15.4 Å². The van der Waals surface area contributed by atoms with Gasteiger partial charge in [-0.25, -0.2) is 0 Å². The monoisotopic (exact) mass is 380 g/mol. The summed E-state index contributed by atoms with van der Waals surface area (Å²) in [6.07, 6.45) is 3.02. The fourth-order valence-corrected chi connectivity index (χ4v) is 3.24. The number of hydrogen-bond donors (Lipinski definition) is 2. The van der Waals surface area contributed by atoms with E-state index in [0.717, 1.165) is 24.1 Å². The van der Waals surface area contributed by atoms with Crippen LogP contribution in [0.3, 0.4) is 0 Å². The minimum atomic E-state index is -0.124. The molecule has 0 aromatic heterocycles. The van der Waals surface area contributed by atoms with Gasteiger partial charge in [-0.1, -0.05) is 38.1 Å². The molecule has 0 unspecified atom stereocenters. The van der Waals surface area contributed by atoms with Crippen molar-refractivity contribution in [2.24, 2.45) is 0 Å². The van der Waals surface area contributed by atoms with Crippen molar-refractivity contribution in [3.8, 4) is 5.75 Å². The van der Waals surface area contributed by atoms with Gasteiger partial charge in [-0.3, -0.25) is 9.59 Å². The van der Waals surface area contributed by atoms with Crippen LogP contribution in [-0.2, 0) is 22.4 Å². The zero-order valence-electron chi connectivity index (χ0n) is 16.6. The van der Waals surface area contributed by atoms with Gasteiger partial charge in [-0.15, -0.1) is 0 Å². The molecule has 2 aromatic carbocycles. The maximum absolute atomic E-state index is 12.0. The number of amides is 2. The molecule has 0 fully saturated rings. The van der Waals surface area contributed by atoms with Crippen LogP contribution in [0.15, 0.2) is 42.5 Å². The number of carbonyl (C=O) groups excluding carboxylic acids is 2. The summed E-state index contributed by atoms with van der Waals surface area (Å²) in [5, 5.41) is 5.73. The molecule has 28 heavy (non-hydrogen) atoms. The topological polar surface area (TPSA) is 67.4 Å². The Labute approximate surface area is 166 Å². The first-order valence-corrected chi connectivity index (χ1v) is 9.92. The second-order valence-electron chi connectivity index (χ2n) is 7.51. The summed E-state index contributed by atoms with van der Waals surface area (Å²) in [6.45, 7) is 5.00. The summed E-state index contributed by atoms with van der Waals surface area (Å²) in [6, 6.07) is 14.2. The standard InChI is InChI=1S/C23H28N2O3/c1-16(2)18-7-5-17(6-8-18)4-3-13-24-23(27)15-28-20-10-11-21-19(14-20)9-12-22(26)25-21/h5-8,10-11,14,16H,3-4,9,12-13,15H2,1-2H3,(H,24,27)(H,25,26). The van der Waals surface area contributed by atoms with Crippen molar-refractivity contribution >= 4 is 17.5 Å². The number of ether oxygens (including phenoxy) is 1. The van der Waals surface area contributed by atoms with E-state index >= 15 is 0 Å². The highest BCUT2D eigenvalue weighted by atomic mass is 16.5. The highest BCUT2D eigenvalue weighted by molar-refractivity contribution is 5.94. The van der Waals surface area contributed by atoms with Gasteiger partial charge in [0.1, 0.15) is 5.75 Å². The van der Waals surface area contributed by atoms with E-state index in [1.807, 2.05) is 12.1 Å². The lowest BCUT2D eigenvalue weighted by Gasteiger charge is -2.17. The van der Waals surface area contributed by atoms with Gasteiger partial charge in [-0.2, -0.15) is 0 Å². The largest absolute Gasteiger partial charge is 0.484 e. The third-order valence-electron chi connectivity index (χ3n) is 4.95. The lowest BCUT2D eigenvalue weighted by molar-refractivity contribution is -0.123. The Balaban J connectivity index is 1.36. The van der Waals surface area contributed by atoms with E-state index in [-0.39, 0.29) is 18.4 Å². The molecule has 5 nitrogen and oxygen atoms in total. The molecule has 5 heteroatoms. The van der Waals surface area contributed by atoms with E-state index in [9.17, 15) is 9.59 Å². The van der Waals surface area contributed by atoms with Crippen LogP contribution in [0.5, 0.6) is 5.75 Å². The molecular formula is C23H28N2O3. The molecule has 1 aliphatic heterocycles. The van der Waals surface area contributed by atoms with Crippen molar-refractivity contribution in [3.05, 3.63) is 59.2 Å². The molecule has 0 spiro atoms. The second-order valence-corrected chi connectivity index (χ2v) is 7.51. The Bertz CT molecular complexity index is 828. The highest BCUT2D eigenvalue weighted by Crippen LogP contribution is 2.26. The number of fused-ring (bicyclic) bond motifs is 1. The zero-order chi connectivity index (χ0) is 19.9. The lowest BCUT2D eigenvalue weighted by Crippen LogP contribution is -2.30.